The number of amides is 1. The van der Waals surface area contributed by atoms with Crippen molar-refractivity contribution in [1.29, 1.82) is 0 Å². The van der Waals surface area contributed by atoms with Crippen molar-refractivity contribution in [1.82, 2.24) is 9.80 Å². The minimum absolute atomic E-state index is 0.0658. The van der Waals surface area contributed by atoms with Crippen LogP contribution in [0.2, 0.25) is 0 Å². The van der Waals surface area contributed by atoms with Crippen molar-refractivity contribution in [3.05, 3.63) is 35.4 Å². The van der Waals surface area contributed by atoms with Gasteiger partial charge in [-0.15, -0.1) is 0 Å². The van der Waals surface area contributed by atoms with Gasteiger partial charge in [0.25, 0.3) is 0 Å². The van der Waals surface area contributed by atoms with Gasteiger partial charge in [0.15, 0.2) is 0 Å². The Bertz CT molecular complexity index is 592. The number of aryl methyl sites for hydroxylation is 1. The molecule has 138 valence electrons. The number of ether oxygens (including phenoxy) is 1. The Morgan fingerprint density at radius 1 is 1.24 bits per heavy atom. The predicted octanol–water partition coefficient (Wildman–Crippen LogP) is 1.82. The minimum atomic E-state index is -0.195. The molecule has 2 aliphatic rings. The first-order chi connectivity index (χ1) is 12.1. The molecule has 2 aliphatic heterocycles. The van der Waals surface area contributed by atoms with Gasteiger partial charge in [0.05, 0.1) is 25.2 Å². The quantitative estimate of drug-likeness (QED) is 0.765. The Balaban J connectivity index is 1.58. The van der Waals surface area contributed by atoms with Crippen LogP contribution in [0.15, 0.2) is 24.3 Å². The molecule has 0 saturated carbocycles. The van der Waals surface area contributed by atoms with Crippen LogP contribution in [-0.4, -0.2) is 66.8 Å². The molecule has 1 atom stereocenters. The van der Waals surface area contributed by atoms with E-state index in [9.17, 15) is 4.79 Å². The molecule has 3 rings (SSSR count). The molecule has 0 aliphatic carbocycles. The molecule has 2 fully saturated rings. The van der Waals surface area contributed by atoms with Gasteiger partial charge in [-0.3, -0.25) is 9.69 Å². The van der Waals surface area contributed by atoms with Gasteiger partial charge in [-0.05, 0) is 38.3 Å². The molecule has 1 N–H and O–H groups in total. The summed E-state index contributed by atoms with van der Waals surface area (Å²) in [7, 11) is 0. The summed E-state index contributed by atoms with van der Waals surface area (Å²) in [6.07, 6.45) is 3.05. The Morgan fingerprint density at radius 3 is 2.92 bits per heavy atom. The van der Waals surface area contributed by atoms with E-state index in [-0.39, 0.29) is 12.0 Å². The van der Waals surface area contributed by atoms with Crippen molar-refractivity contribution in [3.8, 4) is 0 Å². The third kappa shape index (κ3) is 4.40. The van der Waals surface area contributed by atoms with Crippen LogP contribution in [0.25, 0.3) is 0 Å². The zero-order chi connectivity index (χ0) is 17.7. The van der Waals surface area contributed by atoms with Crippen LogP contribution in [0, 0.1) is 12.3 Å². The summed E-state index contributed by atoms with van der Waals surface area (Å²) in [5.74, 6) is 0.332. The summed E-state index contributed by atoms with van der Waals surface area (Å²) in [4.78, 5) is 17.6. The lowest BCUT2D eigenvalue weighted by atomic mass is 9.78. The maximum Gasteiger partial charge on any atom is 0.230 e. The maximum atomic E-state index is 13.2. The lowest BCUT2D eigenvalue weighted by molar-refractivity contribution is -0.146. The van der Waals surface area contributed by atoms with Crippen molar-refractivity contribution >= 4 is 5.91 Å². The number of nitrogens with zero attached hydrogens (tertiary/aromatic N) is 2. The van der Waals surface area contributed by atoms with Crippen LogP contribution in [0.4, 0.5) is 0 Å². The van der Waals surface area contributed by atoms with E-state index in [1.54, 1.807) is 0 Å². The molecule has 0 radical (unpaired) electrons. The van der Waals surface area contributed by atoms with Crippen LogP contribution < -0.4 is 0 Å². The number of benzene rings is 1. The van der Waals surface area contributed by atoms with Gasteiger partial charge >= 0.3 is 0 Å². The number of piperidine rings is 1. The zero-order valence-corrected chi connectivity index (χ0v) is 15.2. The standard InChI is InChI=1S/C20H30N2O3/c1-17-4-2-5-18(14-17)15-22-8-3-6-20(19(22)24)7-9-21(16-20)10-12-25-13-11-23/h2,4-5,14,23H,3,6-13,15-16H2,1H3/t20-/m0/s1. The van der Waals surface area contributed by atoms with E-state index >= 15 is 0 Å². The average molecular weight is 346 g/mol. The third-order valence-electron chi connectivity index (χ3n) is 5.50. The summed E-state index contributed by atoms with van der Waals surface area (Å²) in [6.45, 7) is 7.42. The fraction of sp³-hybridized carbons (Fsp3) is 0.650. The van der Waals surface area contributed by atoms with E-state index in [4.69, 9.17) is 9.84 Å². The van der Waals surface area contributed by atoms with Crippen molar-refractivity contribution in [2.75, 3.05) is 46.0 Å². The number of aliphatic hydroxyl groups excluding tert-OH is 1. The second kappa shape index (κ2) is 8.30. The van der Waals surface area contributed by atoms with E-state index < -0.39 is 0 Å². The summed E-state index contributed by atoms with van der Waals surface area (Å²) in [5, 5.41) is 8.77. The van der Waals surface area contributed by atoms with Gasteiger partial charge in [-0.1, -0.05) is 29.8 Å². The Hall–Kier alpha value is -1.43. The number of rotatable bonds is 7. The monoisotopic (exact) mass is 346 g/mol. The summed E-state index contributed by atoms with van der Waals surface area (Å²) in [6, 6.07) is 8.45. The van der Waals surface area contributed by atoms with E-state index in [0.29, 0.717) is 19.1 Å². The Morgan fingerprint density at radius 2 is 2.12 bits per heavy atom. The lowest BCUT2D eigenvalue weighted by Crippen LogP contribution is -2.49. The SMILES string of the molecule is Cc1cccc(CN2CCC[C@@]3(CCN(CCOCCO)C3)C2=O)c1. The third-order valence-corrected chi connectivity index (χ3v) is 5.50. The van der Waals surface area contributed by atoms with Gasteiger partial charge in [0, 0.05) is 26.2 Å². The Labute approximate surface area is 150 Å². The van der Waals surface area contributed by atoms with E-state index in [2.05, 4.69) is 41.0 Å². The Kier molecular flexibility index (Phi) is 6.10. The number of aliphatic hydroxyl groups is 1. The molecular weight excluding hydrogens is 316 g/mol. The van der Waals surface area contributed by atoms with Gasteiger partial charge in [0.1, 0.15) is 0 Å². The molecule has 1 aromatic rings. The van der Waals surface area contributed by atoms with Crippen molar-refractivity contribution in [2.45, 2.75) is 32.7 Å². The first-order valence-electron chi connectivity index (χ1n) is 9.39. The van der Waals surface area contributed by atoms with E-state index in [0.717, 1.165) is 52.0 Å². The molecular formula is C20H30N2O3. The molecule has 2 saturated heterocycles. The molecule has 25 heavy (non-hydrogen) atoms. The van der Waals surface area contributed by atoms with Gasteiger partial charge in [0.2, 0.25) is 5.91 Å². The summed E-state index contributed by atoms with van der Waals surface area (Å²) >= 11 is 0. The van der Waals surface area contributed by atoms with Crippen molar-refractivity contribution in [3.63, 3.8) is 0 Å². The molecule has 5 nitrogen and oxygen atoms in total. The van der Waals surface area contributed by atoms with Gasteiger partial charge in [-0.25, -0.2) is 0 Å². The van der Waals surface area contributed by atoms with Gasteiger partial charge < -0.3 is 14.7 Å². The van der Waals surface area contributed by atoms with Crippen molar-refractivity contribution in [2.24, 2.45) is 5.41 Å². The number of carbonyl (C=O) groups excluding carboxylic acids is 1. The molecule has 1 aromatic carbocycles. The molecule has 0 unspecified atom stereocenters. The predicted molar refractivity (Wildman–Crippen MR) is 97.2 cm³/mol. The highest BCUT2D eigenvalue weighted by molar-refractivity contribution is 5.84. The van der Waals surface area contributed by atoms with E-state index in [1.165, 1.54) is 11.1 Å². The second-order valence-corrected chi connectivity index (χ2v) is 7.46. The van der Waals surface area contributed by atoms with Crippen LogP contribution in [0.3, 0.4) is 0 Å². The van der Waals surface area contributed by atoms with Crippen LogP contribution >= 0.6 is 0 Å². The minimum Gasteiger partial charge on any atom is -0.394 e. The molecule has 1 spiro atoms. The summed E-state index contributed by atoms with van der Waals surface area (Å²) < 4.78 is 5.37. The number of hydrogen-bond donors (Lipinski definition) is 1. The van der Waals surface area contributed by atoms with Gasteiger partial charge in [-0.2, -0.15) is 0 Å². The highest BCUT2D eigenvalue weighted by atomic mass is 16.5. The molecule has 2 heterocycles. The first kappa shape index (κ1) is 18.4. The lowest BCUT2D eigenvalue weighted by Gasteiger charge is -2.39. The smallest absolute Gasteiger partial charge is 0.230 e. The molecule has 1 amide bonds. The van der Waals surface area contributed by atoms with Crippen LogP contribution in [-0.2, 0) is 16.1 Å². The fourth-order valence-electron chi connectivity index (χ4n) is 4.22. The largest absolute Gasteiger partial charge is 0.394 e. The summed E-state index contributed by atoms with van der Waals surface area (Å²) in [5.41, 5.74) is 2.27. The normalized spacial score (nSPS) is 24.4. The van der Waals surface area contributed by atoms with Crippen LogP contribution in [0.5, 0.6) is 0 Å². The molecule has 5 heteroatoms. The fourth-order valence-corrected chi connectivity index (χ4v) is 4.22. The second-order valence-electron chi connectivity index (χ2n) is 7.46. The highest BCUT2D eigenvalue weighted by Crippen LogP contribution is 2.40. The number of likely N-dealkylation sites (tertiary alicyclic amines) is 2. The first-order valence-corrected chi connectivity index (χ1v) is 9.39. The number of hydrogen-bond acceptors (Lipinski definition) is 4. The molecule has 0 aromatic heterocycles. The van der Waals surface area contributed by atoms with Crippen LogP contribution in [0.1, 0.15) is 30.4 Å². The van der Waals surface area contributed by atoms with E-state index in [1.807, 2.05) is 0 Å². The zero-order valence-electron chi connectivity index (χ0n) is 15.2. The highest BCUT2D eigenvalue weighted by Gasteiger charge is 2.47. The van der Waals surface area contributed by atoms with Crippen molar-refractivity contribution < 1.29 is 14.6 Å². The topological polar surface area (TPSA) is 53.0 Å². The number of carbonyl (C=O) groups is 1. The average Bonchev–Trinajstić information content (AvgIpc) is 3.00. The maximum absolute atomic E-state index is 13.2. The molecule has 0 bridgehead atoms.